The van der Waals surface area contributed by atoms with Crippen molar-refractivity contribution in [2.45, 2.75) is 38.6 Å². The molecule has 2 aromatic rings. The van der Waals surface area contributed by atoms with Crippen molar-refractivity contribution in [2.75, 3.05) is 34.9 Å². The first-order valence-corrected chi connectivity index (χ1v) is 9.52. The molecule has 0 radical (unpaired) electrons. The summed E-state index contributed by atoms with van der Waals surface area (Å²) in [5.41, 5.74) is 5.89. The minimum absolute atomic E-state index is 0. The lowest BCUT2D eigenvalue weighted by Gasteiger charge is -2.44. The van der Waals surface area contributed by atoms with Crippen molar-refractivity contribution >= 4 is 0 Å². The quantitative estimate of drug-likeness (QED) is 0.479. The molecule has 1 atom stereocenters. The number of quaternary nitrogens is 1. The van der Waals surface area contributed by atoms with Crippen molar-refractivity contribution in [3.8, 4) is 11.5 Å². The standard InChI is InChI=1S/C23H32NO2.HI/c1-16(2)19-9-7-8-18-12-13-24(3,4)20(23(18)19)14-17-10-11-21(25-5)22(15-17)26-6;/h7-11,15-16,20H,12-14H2,1-6H3;1H/q+1;/p-1. The van der Waals surface area contributed by atoms with E-state index in [2.05, 4.69) is 58.3 Å². The molecule has 27 heavy (non-hydrogen) atoms. The summed E-state index contributed by atoms with van der Waals surface area (Å²) in [6.45, 7) is 5.78. The molecule has 0 bridgehead atoms. The molecule has 2 aromatic carbocycles. The molecule has 0 aliphatic carbocycles. The normalized spacial score (nSPS) is 17.8. The Kier molecular flexibility index (Phi) is 7.20. The van der Waals surface area contributed by atoms with Crippen LogP contribution in [0.1, 0.15) is 48.1 Å². The van der Waals surface area contributed by atoms with E-state index in [0.717, 1.165) is 28.8 Å². The topological polar surface area (TPSA) is 18.5 Å². The van der Waals surface area contributed by atoms with Crippen LogP contribution in [0, 0.1) is 0 Å². The zero-order valence-electron chi connectivity index (χ0n) is 17.4. The molecule has 0 fully saturated rings. The second-order valence-corrected chi connectivity index (χ2v) is 8.24. The van der Waals surface area contributed by atoms with Crippen LogP contribution in [0.5, 0.6) is 11.5 Å². The maximum Gasteiger partial charge on any atom is 0.160 e. The monoisotopic (exact) mass is 481 g/mol. The Morgan fingerprint density at radius 2 is 1.74 bits per heavy atom. The van der Waals surface area contributed by atoms with Gasteiger partial charge in [-0.25, -0.2) is 0 Å². The van der Waals surface area contributed by atoms with E-state index in [9.17, 15) is 0 Å². The zero-order valence-corrected chi connectivity index (χ0v) is 19.5. The summed E-state index contributed by atoms with van der Waals surface area (Å²) in [7, 11) is 8.12. The molecule has 1 heterocycles. The van der Waals surface area contributed by atoms with E-state index in [1.54, 1.807) is 19.8 Å². The molecular formula is C23H32INO2. The fourth-order valence-electron chi connectivity index (χ4n) is 4.25. The predicted octanol–water partition coefficient (Wildman–Crippen LogP) is 1.75. The van der Waals surface area contributed by atoms with E-state index in [-0.39, 0.29) is 24.0 Å². The third kappa shape index (κ3) is 4.43. The molecule has 1 aliphatic heterocycles. The van der Waals surface area contributed by atoms with E-state index in [1.165, 1.54) is 23.2 Å². The van der Waals surface area contributed by atoms with Crippen LogP contribution < -0.4 is 33.5 Å². The van der Waals surface area contributed by atoms with E-state index in [0.29, 0.717) is 12.0 Å². The Balaban J connectivity index is 0.00000261. The van der Waals surface area contributed by atoms with Gasteiger partial charge in [-0.3, -0.25) is 0 Å². The summed E-state index contributed by atoms with van der Waals surface area (Å²) in [4.78, 5) is 0. The SMILES string of the molecule is COc1ccc(CC2c3c(cccc3C(C)C)CC[N+]2(C)C)cc1OC.[I-]. The largest absolute Gasteiger partial charge is 1.00 e. The summed E-state index contributed by atoms with van der Waals surface area (Å²) in [6.07, 6.45) is 2.16. The van der Waals surface area contributed by atoms with Gasteiger partial charge in [-0.2, -0.15) is 0 Å². The molecule has 0 spiro atoms. The van der Waals surface area contributed by atoms with Gasteiger partial charge in [0.1, 0.15) is 6.04 Å². The van der Waals surface area contributed by atoms with Crippen LogP contribution in [0.2, 0.25) is 0 Å². The van der Waals surface area contributed by atoms with E-state index >= 15 is 0 Å². The van der Waals surface area contributed by atoms with Gasteiger partial charge in [0.15, 0.2) is 11.5 Å². The smallest absolute Gasteiger partial charge is 0.160 e. The maximum absolute atomic E-state index is 5.52. The van der Waals surface area contributed by atoms with Crippen LogP contribution in [0.3, 0.4) is 0 Å². The van der Waals surface area contributed by atoms with Gasteiger partial charge < -0.3 is 37.9 Å². The van der Waals surface area contributed by atoms with Crippen molar-refractivity contribution < 1.29 is 37.9 Å². The first-order valence-electron chi connectivity index (χ1n) is 9.52. The van der Waals surface area contributed by atoms with Gasteiger partial charge in [-0.15, -0.1) is 0 Å². The molecule has 1 aliphatic rings. The van der Waals surface area contributed by atoms with Gasteiger partial charge in [0, 0.05) is 18.4 Å². The average molecular weight is 481 g/mol. The Labute approximate surface area is 181 Å². The predicted molar refractivity (Wildman–Crippen MR) is 107 cm³/mol. The Morgan fingerprint density at radius 1 is 1.04 bits per heavy atom. The van der Waals surface area contributed by atoms with Crippen molar-refractivity contribution in [1.29, 1.82) is 0 Å². The minimum Gasteiger partial charge on any atom is -1.00 e. The number of ether oxygens (including phenoxy) is 2. The highest BCUT2D eigenvalue weighted by Crippen LogP contribution is 2.41. The summed E-state index contributed by atoms with van der Waals surface area (Å²) >= 11 is 0. The molecular weight excluding hydrogens is 449 g/mol. The number of halogens is 1. The van der Waals surface area contributed by atoms with E-state index < -0.39 is 0 Å². The van der Waals surface area contributed by atoms with Gasteiger partial charge in [0.05, 0.1) is 34.9 Å². The molecule has 0 amide bonds. The number of likely N-dealkylation sites (N-methyl/N-ethyl adjacent to an activating group) is 1. The van der Waals surface area contributed by atoms with Gasteiger partial charge in [-0.1, -0.05) is 38.1 Å². The van der Waals surface area contributed by atoms with E-state index in [4.69, 9.17) is 9.47 Å². The number of rotatable bonds is 5. The first kappa shape index (κ1) is 22.0. The lowest BCUT2D eigenvalue weighted by Crippen LogP contribution is -3.00. The molecule has 0 N–H and O–H groups in total. The van der Waals surface area contributed by atoms with Crippen molar-refractivity contribution in [2.24, 2.45) is 0 Å². The third-order valence-electron chi connectivity index (χ3n) is 5.86. The molecule has 3 nitrogen and oxygen atoms in total. The van der Waals surface area contributed by atoms with Crippen molar-refractivity contribution in [1.82, 2.24) is 0 Å². The van der Waals surface area contributed by atoms with Gasteiger partial charge in [0.25, 0.3) is 0 Å². The fourth-order valence-corrected chi connectivity index (χ4v) is 4.25. The number of methoxy groups -OCH3 is 2. The van der Waals surface area contributed by atoms with Gasteiger partial charge in [-0.05, 0) is 34.7 Å². The van der Waals surface area contributed by atoms with Crippen LogP contribution in [0.4, 0.5) is 0 Å². The first-order chi connectivity index (χ1) is 12.4. The lowest BCUT2D eigenvalue weighted by molar-refractivity contribution is -0.923. The van der Waals surface area contributed by atoms with Crippen LogP contribution >= 0.6 is 0 Å². The molecule has 1 unspecified atom stereocenters. The second-order valence-electron chi connectivity index (χ2n) is 8.24. The summed E-state index contributed by atoms with van der Waals surface area (Å²) < 4.78 is 11.9. The molecule has 3 rings (SSSR count). The second kappa shape index (κ2) is 8.82. The van der Waals surface area contributed by atoms with Gasteiger partial charge >= 0.3 is 0 Å². The average Bonchev–Trinajstić information content (AvgIpc) is 2.63. The van der Waals surface area contributed by atoms with Crippen LogP contribution in [0.15, 0.2) is 36.4 Å². The maximum atomic E-state index is 5.52. The lowest BCUT2D eigenvalue weighted by atomic mass is 9.81. The Bertz CT molecular complexity index is 786. The molecule has 148 valence electrons. The number of hydrogen-bond acceptors (Lipinski definition) is 2. The van der Waals surface area contributed by atoms with E-state index in [1.807, 2.05) is 6.07 Å². The Hall–Kier alpha value is -1.27. The van der Waals surface area contributed by atoms with Crippen molar-refractivity contribution in [3.63, 3.8) is 0 Å². The van der Waals surface area contributed by atoms with Crippen LogP contribution in [-0.4, -0.2) is 39.3 Å². The molecule has 0 saturated carbocycles. The van der Waals surface area contributed by atoms with Crippen molar-refractivity contribution in [3.05, 3.63) is 58.7 Å². The summed E-state index contributed by atoms with van der Waals surface area (Å²) in [6, 6.07) is 13.6. The van der Waals surface area contributed by atoms with Crippen LogP contribution in [-0.2, 0) is 12.8 Å². The molecule has 0 saturated heterocycles. The number of fused-ring (bicyclic) bond motifs is 1. The zero-order chi connectivity index (χ0) is 18.9. The summed E-state index contributed by atoms with van der Waals surface area (Å²) in [5, 5.41) is 0. The Morgan fingerprint density at radius 3 is 2.37 bits per heavy atom. The molecule has 4 heteroatoms. The van der Waals surface area contributed by atoms with Gasteiger partial charge in [0.2, 0.25) is 0 Å². The fraction of sp³-hybridized carbons (Fsp3) is 0.478. The minimum atomic E-state index is 0. The number of nitrogens with zero attached hydrogens (tertiary/aromatic N) is 1. The highest BCUT2D eigenvalue weighted by molar-refractivity contribution is 5.45. The van der Waals surface area contributed by atoms with Crippen LogP contribution in [0.25, 0.3) is 0 Å². The highest BCUT2D eigenvalue weighted by Gasteiger charge is 2.37. The third-order valence-corrected chi connectivity index (χ3v) is 5.86. The number of hydrogen-bond donors (Lipinski definition) is 0. The highest BCUT2D eigenvalue weighted by atomic mass is 127. The molecule has 0 aromatic heterocycles. The number of benzene rings is 2. The summed E-state index contributed by atoms with van der Waals surface area (Å²) in [5.74, 6) is 2.14.